The summed E-state index contributed by atoms with van der Waals surface area (Å²) in [6, 6.07) is 23.9. The molecule has 148 valence electrons. The van der Waals surface area contributed by atoms with E-state index in [0.29, 0.717) is 24.9 Å². The number of amides is 1. The molecule has 0 spiro atoms. The van der Waals surface area contributed by atoms with Gasteiger partial charge in [0.05, 0.1) is 10.9 Å². The quantitative estimate of drug-likeness (QED) is 0.653. The first-order valence-corrected chi connectivity index (χ1v) is 11.0. The number of carbonyl (C=O) groups excluding carboxylic acids is 1. The highest BCUT2D eigenvalue weighted by molar-refractivity contribution is 7.89. The molecule has 0 saturated heterocycles. The molecule has 29 heavy (non-hydrogen) atoms. The number of fused-ring (bicyclic) bond motifs is 1. The Bertz CT molecular complexity index is 1110. The number of anilines is 1. The summed E-state index contributed by atoms with van der Waals surface area (Å²) in [4.78, 5) is 11.8. The second kappa shape index (κ2) is 8.19. The lowest BCUT2D eigenvalue weighted by Gasteiger charge is -2.21. The third-order valence-corrected chi connectivity index (χ3v) is 6.53. The topological polar surface area (TPSA) is 75.3 Å². The van der Waals surface area contributed by atoms with Crippen molar-refractivity contribution in [1.29, 1.82) is 0 Å². The Morgan fingerprint density at radius 1 is 0.897 bits per heavy atom. The zero-order valence-electron chi connectivity index (χ0n) is 15.8. The van der Waals surface area contributed by atoms with Crippen LogP contribution >= 0.6 is 0 Å². The van der Waals surface area contributed by atoms with Gasteiger partial charge in [0, 0.05) is 12.1 Å². The van der Waals surface area contributed by atoms with Crippen LogP contribution in [0.2, 0.25) is 0 Å². The first-order valence-electron chi connectivity index (χ1n) is 9.55. The fraction of sp³-hybridized carbons (Fsp3) is 0.174. The third-order valence-electron chi connectivity index (χ3n) is 5.06. The Hall–Kier alpha value is -2.96. The highest BCUT2D eigenvalue weighted by Crippen LogP contribution is 2.27. The summed E-state index contributed by atoms with van der Waals surface area (Å²) in [5, 5.41) is 2.78. The van der Waals surface area contributed by atoms with Crippen molar-refractivity contribution in [3.05, 3.63) is 95.6 Å². The first kappa shape index (κ1) is 19.4. The molecule has 0 aliphatic carbocycles. The number of hydrogen-bond donors (Lipinski definition) is 2. The average Bonchev–Trinajstić information content (AvgIpc) is 2.74. The molecule has 1 atom stereocenters. The second-order valence-electron chi connectivity index (χ2n) is 7.14. The van der Waals surface area contributed by atoms with Gasteiger partial charge in [-0.1, -0.05) is 60.7 Å². The van der Waals surface area contributed by atoms with Crippen molar-refractivity contribution in [2.24, 2.45) is 0 Å². The lowest BCUT2D eigenvalue weighted by molar-refractivity contribution is -0.116. The molecule has 3 aromatic carbocycles. The van der Waals surface area contributed by atoms with Gasteiger partial charge in [0.15, 0.2) is 0 Å². The zero-order chi connectivity index (χ0) is 20.3. The van der Waals surface area contributed by atoms with Crippen LogP contribution < -0.4 is 10.0 Å². The number of hydrogen-bond acceptors (Lipinski definition) is 3. The molecule has 2 N–H and O–H groups in total. The number of benzene rings is 3. The summed E-state index contributed by atoms with van der Waals surface area (Å²) in [6.07, 6.45) is 1.45. The number of sulfonamides is 1. The Morgan fingerprint density at radius 3 is 2.31 bits per heavy atom. The smallest absolute Gasteiger partial charge is 0.241 e. The normalized spacial score (nSPS) is 14.7. The number of carbonyl (C=O) groups is 1. The van der Waals surface area contributed by atoms with E-state index >= 15 is 0 Å². The average molecular weight is 407 g/mol. The third kappa shape index (κ3) is 4.55. The van der Waals surface area contributed by atoms with E-state index in [1.54, 1.807) is 12.1 Å². The largest absolute Gasteiger partial charge is 0.326 e. The Balaban J connectivity index is 1.63. The summed E-state index contributed by atoms with van der Waals surface area (Å²) in [5.74, 6) is -0.0433. The SMILES string of the molecule is O=C1CCc2cc(S(=O)(=O)N[C@H](Cc3ccccc3)c3ccccc3)ccc2N1. The minimum absolute atomic E-state index is 0.0433. The Morgan fingerprint density at radius 2 is 1.59 bits per heavy atom. The molecule has 4 rings (SSSR count). The maximum absolute atomic E-state index is 13.2. The van der Waals surface area contributed by atoms with Gasteiger partial charge < -0.3 is 5.32 Å². The molecule has 0 fully saturated rings. The van der Waals surface area contributed by atoms with Crippen molar-refractivity contribution >= 4 is 21.6 Å². The van der Waals surface area contributed by atoms with Gasteiger partial charge in [0.1, 0.15) is 0 Å². The van der Waals surface area contributed by atoms with E-state index in [0.717, 1.165) is 16.7 Å². The van der Waals surface area contributed by atoms with Crippen LogP contribution in [0.3, 0.4) is 0 Å². The minimum Gasteiger partial charge on any atom is -0.326 e. The van der Waals surface area contributed by atoms with Crippen molar-refractivity contribution in [3.8, 4) is 0 Å². The fourth-order valence-electron chi connectivity index (χ4n) is 3.54. The van der Waals surface area contributed by atoms with Gasteiger partial charge in [-0.2, -0.15) is 0 Å². The fourth-order valence-corrected chi connectivity index (χ4v) is 4.82. The van der Waals surface area contributed by atoms with E-state index in [1.165, 1.54) is 6.07 Å². The van der Waals surface area contributed by atoms with Crippen molar-refractivity contribution < 1.29 is 13.2 Å². The Kier molecular flexibility index (Phi) is 5.47. The van der Waals surface area contributed by atoms with Gasteiger partial charge in [-0.3, -0.25) is 4.79 Å². The molecular formula is C23H22N2O3S. The second-order valence-corrected chi connectivity index (χ2v) is 8.86. The maximum atomic E-state index is 13.2. The minimum atomic E-state index is -3.74. The van der Waals surface area contributed by atoms with Crippen LogP contribution in [0.25, 0.3) is 0 Å². The standard InChI is InChI=1S/C23H22N2O3S/c26-23-14-11-19-16-20(12-13-21(19)24-23)29(27,28)25-22(18-9-5-2-6-10-18)15-17-7-3-1-4-8-17/h1-10,12-13,16,22,25H,11,14-15H2,(H,24,26)/t22-/m1/s1. The van der Waals surface area contributed by atoms with E-state index in [1.807, 2.05) is 60.7 Å². The van der Waals surface area contributed by atoms with Crippen LogP contribution in [0.5, 0.6) is 0 Å². The van der Waals surface area contributed by atoms with Crippen molar-refractivity contribution in [2.45, 2.75) is 30.2 Å². The van der Waals surface area contributed by atoms with Gasteiger partial charge in [-0.25, -0.2) is 13.1 Å². The summed E-state index contributed by atoms with van der Waals surface area (Å²) in [6.45, 7) is 0. The molecule has 5 nitrogen and oxygen atoms in total. The Labute approximate surface area is 170 Å². The number of rotatable bonds is 6. The summed E-state index contributed by atoms with van der Waals surface area (Å²) >= 11 is 0. The number of nitrogens with one attached hydrogen (secondary N) is 2. The van der Waals surface area contributed by atoms with E-state index in [4.69, 9.17) is 0 Å². The number of aryl methyl sites for hydroxylation is 1. The summed E-state index contributed by atoms with van der Waals surface area (Å²) in [5.41, 5.74) is 3.48. The molecular weight excluding hydrogens is 384 g/mol. The van der Waals surface area contributed by atoms with Gasteiger partial charge in [-0.15, -0.1) is 0 Å². The van der Waals surface area contributed by atoms with Gasteiger partial charge >= 0.3 is 0 Å². The van der Waals surface area contributed by atoms with Crippen LogP contribution in [0.1, 0.15) is 29.2 Å². The van der Waals surface area contributed by atoms with E-state index in [-0.39, 0.29) is 16.8 Å². The molecule has 1 amide bonds. The molecule has 0 radical (unpaired) electrons. The van der Waals surface area contributed by atoms with Crippen LogP contribution in [0, 0.1) is 0 Å². The van der Waals surface area contributed by atoms with Gasteiger partial charge in [-0.05, 0) is 47.7 Å². The van der Waals surface area contributed by atoms with Gasteiger partial charge in [0.2, 0.25) is 15.9 Å². The van der Waals surface area contributed by atoms with Crippen molar-refractivity contribution in [2.75, 3.05) is 5.32 Å². The van der Waals surface area contributed by atoms with Crippen LogP contribution in [0.15, 0.2) is 83.8 Å². The molecule has 1 aliphatic heterocycles. The monoisotopic (exact) mass is 406 g/mol. The molecule has 1 aliphatic rings. The predicted octanol–water partition coefficient (Wildman–Crippen LogP) is 3.83. The molecule has 0 aromatic heterocycles. The highest BCUT2D eigenvalue weighted by atomic mass is 32.2. The van der Waals surface area contributed by atoms with E-state index in [9.17, 15) is 13.2 Å². The van der Waals surface area contributed by atoms with E-state index < -0.39 is 10.0 Å². The summed E-state index contributed by atoms with van der Waals surface area (Å²) < 4.78 is 29.2. The highest BCUT2D eigenvalue weighted by Gasteiger charge is 2.24. The van der Waals surface area contributed by atoms with Crippen LogP contribution in [0.4, 0.5) is 5.69 Å². The maximum Gasteiger partial charge on any atom is 0.241 e. The summed E-state index contributed by atoms with van der Waals surface area (Å²) in [7, 11) is -3.74. The van der Waals surface area contributed by atoms with Crippen molar-refractivity contribution in [1.82, 2.24) is 4.72 Å². The molecule has 0 unspecified atom stereocenters. The van der Waals surface area contributed by atoms with Gasteiger partial charge in [0.25, 0.3) is 0 Å². The molecule has 3 aromatic rings. The molecule has 6 heteroatoms. The lowest BCUT2D eigenvalue weighted by atomic mass is 10.00. The van der Waals surface area contributed by atoms with Crippen molar-refractivity contribution in [3.63, 3.8) is 0 Å². The van der Waals surface area contributed by atoms with Crippen LogP contribution in [-0.2, 0) is 27.7 Å². The molecule has 0 saturated carbocycles. The molecule has 1 heterocycles. The molecule has 0 bridgehead atoms. The predicted molar refractivity (Wildman–Crippen MR) is 113 cm³/mol. The van der Waals surface area contributed by atoms with Crippen LogP contribution in [-0.4, -0.2) is 14.3 Å². The van der Waals surface area contributed by atoms with E-state index in [2.05, 4.69) is 10.0 Å². The first-order chi connectivity index (χ1) is 14.0. The lowest BCUT2D eigenvalue weighted by Crippen LogP contribution is -2.30. The zero-order valence-corrected chi connectivity index (χ0v) is 16.7.